The van der Waals surface area contributed by atoms with Crippen LogP contribution in [0.3, 0.4) is 0 Å². The standard InChI is InChI=1S/C30H33N7O4/c1-30(2,3)41-29(39)33-26-9-8-25(34-35-26)22-10-13-31-27-23(22)16-21(36(27)4)18-37-14-11-19(12-15-37)24-7-6-20(17-32-24)28(38)40-5/h6-11,13,16-17H,12,14-15,18H2,1-5H3,(H,33,35,39). The summed E-state index contributed by atoms with van der Waals surface area (Å²) in [5.74, 6) is -0.0751. The highest BCUT2D eigenvalue weighted by Gasteiger charge is 2.20. The second-order valence-electron chi connectivity index (χ2n) is 10.9. The maximum atomic E-state index is 12.1. The fourth-order valence-corrected chi connectivity index (χ4v) is 4.74. The molecule has 0 bridgehead atoms. The first-order valence-electron chi connectivity index (χ1n) is 13.3. The predicted molar refractivity (Wildman–Crippen MR) is 155 cm³/mol. The average molecular weight is 556 g/mol. The van der Waals surface area contributed by atoms with Crippen molar-refractivity contribution in [3.63, 3.8) is 0 Å². The van der Waals surface area contributed by atoms with E-state index < -0.39 is 11.7 Å². The highest BCUT2D eigenvalue weighted by atomic mass is 16.6. The van der Waals surface area contributed by atoms with Gasteiger partial charge in [0.25, 0.3) is 0 Å². The van der Waals surface area contributed by atoms with Gasteiger partial charge in [0.1, 0.15) is 11.2 Å². The van der Waals surface area contributed by atoms with Crippen molar-refractivity contribution >= 4 is 34.5 Å². The number of fused-ring (bicyclic) bond motifs is 1. The molecule has 0 saturated carbocycles. The summed E-state index contributed by atoms with van der Waals surface area (Å²) in [7, 11) is 3.38. The van der Waals surface area contributed by atoms with Crippen LogP contribution in [-0.4, -0.2) is 67.5 Å². The maximum Gasteiger partial charge on any atom is 0.413 e. The quantitative estimate of drug-likeness (QED) is 0.333. The molecule has 0 spiro atoms. The molecule has 11 nitrogen and oxygen atoms in total. The Kier molecular flexibility index (Phi) is 7.80. The highest BCUT2D eigenvalue weighted by molar-refractivity contribution is 5.93. The average Bonchev–Trinajstić information content (AvgIpc) is 3.27. The number of aryl methyl sites for hydroxylation is 1. The molecule has 0 atom stereocenters. The van der Waals surface area contributed by atoms with E-state index in [1.807, 2.05) is 25.2 Å². The van der Waals surface area contributed by atoms with Gasteiger partial charge in [-0.3, -0.25) is 15.2 Å². The Morgan fingerprint density at radius 1 is 1.05 bits per heavy atom. The van der Waals surface area contributed by atoms with Crippen LogP contribution in [0.4, 0.5) is 10.6 Å². The molecule has 1 N–H and O–H groups in total. The number of rotatable bonds is 6. The first-order chi connectivity index (χ1) is 19.6. The lowest BCUT2D eigenvalue weighted by atomic mass is 10.0. The Morgan fingerprint density at radius 2 is 1.85 bits per heavy atom. The van der Waals surface area contributed by atoms with Gasteiger partial charge in [-0.05, 0) is 69.2 Å². The number of anilines is 1. The minimum atomic E-state index is -0.603. The molecule has 41 heavy (non-hydrogen) atoms. The number of aromatic nitrogens is 5. The third-order valence-corrected chi connectivity index (χ3v) is 6.79. The molecule has 1 aliphatic heterocycles. The molecule has 5 rings (SSSR count). The minimum Gasteiger partial charge on any atom is -0.465 e. The molecule has 0 fully saturated rings. The number of esters is 1. The Hall–Kier alpha value is -4.64. The van der Waals surface area contributed by atoms with Gasteiger partial charge >= 0.3 is 12.1 Å². The lowest BCUT2D eigenvalue weighted by Crippen LogP contribution is -2.29. The zero-order chi connectivity index (χ0) is 29.1. The van der Waals surface area contributed by atoms with Crippen molar-refractivity contribution in [2.24, 2.45) is 7.05 Å². The summed E-state index contributed by atoms with van der Waals surface area (Å²) in [6.45, 7) is 7.83. The molecular formula is C30H33N7O4. The zero-order valence-corrected chi connectivity index (χ0v) is 23.8. The molecule has 1 aliphatic rings. The van der Waals surface area contributed by atoms with Crippen LogP contribution in [0, 0.1) is 0 Å². The number of hydrogen-bond acceptors (Lipinski definition) is 9. The fourth-order valence-electron chi connectivity index (χ4n) is 4.74. The summed E-state index contributed by atoms with van der Waals surface area (Å²) in [6, 6.07) is 11.2. The van der Waals surface area contributed by atoms with E-state index in [0.29, 0.717) is 17.1 Å². The molecule has 0 aliphatic carbocycles. The molecule has 11 heteroatoms. The van der Waals surface area contributed by atoms with Crippen LogP contribution < -0.4 is 5.32 Å². The van der Waals surface area contributed by atoms with Crippen molar-refractivity contribution < 1.29 is 19.1 Å². The first kappa shape index (κ1) is 27.9. The second-order valence-corrected chi connectivity index (χ2v) is 10.9. The number of nitrogens with zero attached hydrogens (tertiary/aromatic N) is 6. The smallest absolute Gasteiger partial charge is 0.413 e. The summed E-state index contributed by atoms with van der Waals surface area (Å²) in [5.41, 5.74) is 5.47. The molecule has 4 aromatic heterocycles. The van der Waals surface area contributed by atoms with Crippen LogP contribution in [-0.2, 0) is 23.1 Å². The van der Waals surface area contributed by atoms with E-state index in [1.165, 1.54) is 12.7 Å². The highest BCUT2D eigenvalue weighted by Crippen LogP contribution is 2.30. The van der Waals surface area contributed by atoms with E-state index in [4.69, 9.17) is 9.47 Å². The molecule has 0 saturated heterocycles. The molecule has 1 amide bonds. The van der Waals surface area contributed by atoms with Crippen molar-refractivity contribution in [2.45, 2.75) is 39.3 Å². The monoisotopic (exact) mass is 555 g/mol. The number of pyridine rings is 2. The van der Waals surface area contributed by atoms with Crippen molar-refractivity contribution in [3.05, 3.63) is 71.8 Å². The number of methoxy groups -OCH3 is 1. The van der Waals surface area contributed by atoms with Gasteiger partial charge in [0.2, 0.25) is 0 Å². The zero-order valence-electron chi connectivity index (χ0n) is 23.8. The molecule has 0 radical (unpaired) electrons. The van der Waals surface area contributed by atoms with Crippen molar-refractivity contribution in [3.8, 4) is 11.3 Å². The predicted octanol–water partition coefficient (Wildman–Crippen LogP) is 4.85. The third kappa shape index (κ3) is 6.41. The number of amides is 1. The lowest BCUT2D eigenvalue weighted by molar-refractivity contribution is 0.0597. The largest absolute Gasteiger partial charge is 0.465 e. The van der Waals surface area contributed by atoms with Crippen LogP contribution in [0.15, 0.2) is 54.9 Å². The van der Waals surface area contributed by atoms with Crippen LogP contribution in [0.5, 0.6) is 0 Å². The number of ether oxygens (including phenoxy) is 2. The number of hydrogen-bond donors (Lipinski definition) is 1. The van der Waals surface area contributed by atoms with Crippen molar-refractivity contribution in [2.75, 3.05) is 25.5 Å². The summed E-state index contributed by atoms with van der Waals surface area (Å²) < 4.78 is 12.1. The van der Waals surface area contributed by atoms with Crippen LogP contribution in [0.2, 0.25) is 0 Å². The molecule has 4 aromatic rings. The van der Waals surface area contributed by atoms with Gasteiger partial charge < -0.3 is 14.0 Å². The van der Waals surface area contributed by atoms with Gasteiger partial charge in [0.05, 0.1) is 24.1 Å². The minimum absolute atomic E-state index is 0.314. The van der Waals surface area contributed by atoms with E-state index in [1.54, 1.807) is 45.3 Å². The van der Waals surface area contributed by atoms with Crippen molar-refractivity contribution in [1.82, 2.24) is 29.6 Å². The third-order valence-electron chi connectivity index (χ3n) is 6.79. The van der Waals surface area contributed by atoms with E-state index in [0.717, 1.165) is 54.0 Å². The molecule has 212 valence electrons. The van der Waals surface area contributed by atoms with Crippen LogP contribution in [0.25, 0.3) is 27.9 Å². The van der Waals surface area contributed by atoms with Gasteiger partial charge in [-0.2, -0.15) is 0 Å². The SMILES string of the molecule is COC(=O)c1ccc(C2=CCN(Cc3cc4c(-c5ccc(NC(=O)OC(C)(C)C)nn5)ccnc4n3C)CC2)nc1. The van der Waals surface area contributed by atoms with E-state index in [2.05, 4.69) is 47.1 Å². The topological polar surface area (TPSA) is 124 Å². The van der Waals surface area contributed by atoms with Gasteiger partial charge in [-0.25, -0.2) is 14.6 Å². The molecule has 0 unspecified atom stereocenters. The van der Waals surface area contributed by atoms with E-state index >= 15 is 0 Å². The van der Waals surface area contributed by atoms with Crippen LogP contribution >= 0.6 is 0 Å². The lowest BCUT2D eigenvalue weighted by Gasteiger charge is -2.26. The number of nitrogens with one attached hydrogen (secondary N) is 1. The van der Waals surface area contributed by atoms with Gasteiger partial charge in [0, 0.05) is 55.7 Å². The fraction of sp³-hybridized carbons (Fsp3) is 0.333. The Bertz CT molecular complexity index is 1600. The van der Waals surface area contributed by atoms with Crippen LogP contribution in [0.1, 0.15) is 48.9 Å². The summed E-state index contributed by atoms with van der Waals surface area (Å²) >= 11 is 0. The maximum absolute atomic E-state index is 12.1. The van der Waals surface area contributed by atoms with Gasteiger partial charge in [-0.15, -0.1) is 10.2 Å². The van der Waals surface area contributed by atoms with Gasteiger partial charge in [-0.1, -0.05) is 6.08 Å². The second kappa shape index (κ2) is 11.5. The van der Waals surface area contributed by atoms with E-state index in [-0.39, 0.29) is 5.97 Å². The Labute approximate surface area is 238 Å². The van der Waals surface area contributed by atoms with E-state index in [9.17, 15) is 9.59 Å². The number of carbonyl (C=O) groups is 2. The Morgan fingerprint density at radius 3 is 2.49 bits per heavy atom. The molecular weight excluding hydrogens is 522 g/mol. The Balaban J connectivity index is 1.29. The van der Waals surface area contributed by atoms with Gasteiger partial charge in [0.15, 0.2) is 5.82 Å². The van der Waals surface area contributed by atoms with Crippen molar-refractivity contribution in [1.29, 1.82) is 0 Å². The first-order valence-corrected chi connectivity index (χ1v) is 13.3. The summed E-state index contributed by atoms with van der Waals surface area (Å²) in [5, 5.41) is 12.1. The number of carbonyl (C=O) groups excluding carboxylic acids is 2. The normalized spacial score (nSPS) is 14.0. The molecule has 5 heterocycles. The summed E-state index contributed by atoms with van der Waals surface area (Å²) in [4.78, 5) is 35.2. The molecule has 0 aromatic carbocycles. The summed E-state index contributed by atoms with van der Waals surface area (Å²) in [6.07, 6.45) is 5.80.